The Labute approximate surface area is 158 Å². The number of ether oxygens (including phenoxy) is 1. The van der Waals surface area contributed by atoms with Gasteiger partial charge in [0.2, 0.25) is 0 Å². The lowest BCUT2D eigenvalue weighted by Crippen LogP contribution is -2.38. The summed E-state index contributed by atoms with van der Waals surface area (Å²) in [5.41, 5.74) is 1.01. The Bertz CT molecular complexity index is 794. The summed E-state index contributed by atoms with van der Waals surface area (Å²) < 4.78 is 9.76. The van der Waals surface area contributed by atoms with Crippen molar-refractivity contribution in [2.24, 2.45) is 5.92 Å². The zero-order chi connectivity index (χ0) is 18.5. The predicted molar refractivity (Wildman–Crippen MR) is 101 cm³/mol. The summed E-state index contributed by atoms with van der Waals surface area (Å²) >= 11 is 5.63. The maximum atomic E-state index is 11.9. The van der Waals surface area contributed by atoms with E-state index in [1.807, 2.05) is 28.3 Å². The van der Waals surface area contributed by atoms with Crippen LogP contribution in [0.15, 0.2) is 24.5 Å². The molecule has 0 N–H and O–H groups in total. The first-order valence-electron chi connectivity index (χ1n) is 9.11. The second kappa shape index (κ2) is 8.55. The van der Waals surface area contributed by atoms with Gasteiger partial charge in [0.15, 0.2) is 10.6 Å². The monoisotopic (exact) mass is 375 g/mol. The molecule has 0 spiro atoms. The number of hydrogen-bond donors (Lipinski definition) is 0. The van der Waals surface area contributed by atoms with Gasteiger partial charge in [0.25, 0.3) is 0 Å². The zero-order valence-electron chi connectivity index (χ0n) is 15.3. The minimum absolute atomic E-state index is 0.0137. The third-order valence-corrected chi connectivity index (χ3v) is 5.15. The standard InChI is InChI=1S/C18H25N5O2S/c1-3-22-16(14-5-9-19-10-6-14)20-23(18(22)26)13-21-11-7-15(8-12-21)17(24)25-4-2/h5-6,9-10,15H,3-4,7-8,11-13H2,1-2H3. The van der Waals surface area contributed by atoms with E-state index in [4.69, 9.17) is 22.1 Å². The molecular formula is C18H25N5O2S. The fraction of sp³-hybridized carbons (Fsp3) is 0.556. The molecule has 3 heterocycles. The Kier molecular flexibility index (Phi) is 6.16. The minimum Gasteiger partial charge on any atom is -0.466 e. The number of nitrogens with zero attached hydrogens (tertiary/aromatic N) is 5. The van der Waals surface area contributed by atoms with Crippen molar-refractivity contribution in [2.75, 3.05) is 19.7 Å². The highest BCUT2D eigenvalue weighted by Gasteiger charge is 2.26. The van der Waals surface area contributed by atoms with E-state index in [-0.39, 0.29) is 11.9 Å². The van der Waals surface area contributed by atoms with Crippen LogP contribution in [0.1, 0.15) is 26.7 Å². The molecule has 1 aliphatic rings. The first-order valence-corrected chi connectivity index (χ1v) is 9.51. The van der Waals surface area contributed by atoms with Crippen molar-refractivity contribution in [3.05, 3.63) is 29.3 Å². The van der Waals surface area contributed by atoms with Crippen molar-refractivity contribution < 1.29 is 9.53 Å². The zero-order valence-corrected chi connectivity index (χ0v) is 16.1. The van der Waals surface area contributed by atoms with E-state index in [0.717, 1.165) is 43.9 Å². The van der Waals surface area contributed by atoms with Crippen molar-refractivity contribution in [1.82, 2.24) is 24.2 Å². The van der Waals surface area contributed by atoms with E-state index in [1.165, 1.54) is 0 Å². The Morgan fingerprint density at radius 2 is 1.96 bits per heavy atom. The Balaban J connectivity index is 1.71. The van der Waals surface area contributed by atoms with Crippen molar-refractivity contribution >= 4 is 18.2 Å². The Morgan fingerprint density at radius 1 is 1.27 bits per heavy atom. The number of hydrogen-bond acceptors (Lipinski definition) is 6. The van der Waals surface area contributed by atoms with Crippen LogP contribution in [0.4, 0.5) is 0 Å². The van der Waals surface area contributed by atoms with Gasteiger partial charge in [-0.15, -0.1) is 0 Å². The molecule has 0 aliphatic carbocycles. The third kappa shape index (κ3) is 4.02. The van der Waals surface area contributed by atoms with E-state index < -0.39 is 0 Å². The maximum Gasteiger partial charge on any atom is 0.309 e. The second-order valence-corrected chi connectivity index (χ2v) is 6.74. The number of esters is 1. The SMILES string of the molecule is CCOC(=O)C1CCN(Cn2nc(-c3ccncc3)n(CC)c2=S)CC1. The number of rotatable bonds is 6. The van der Waals surface area contributed by atoms with Gasteiger partial charge >= 0.3 is 5.97 Å². The Hall–Kier alpha value is -2.06. The van der Waals surface area contributed by atoms with Crippen molar-refractivity contribution in [1.29, 1.82) is 0 Å². The number of piperidine rings is 1. The minimum atomic E-state index is -0.0704. The summed E-state index contributed by atoms with van der Waals surface area (Å²) in [5, 5.41) is 4.74. The smallest absolute Gasteiger partial charge is 0.309 e. The first kappa shape index (κ1) is 18.7. The molecule has 2 aromatic heterocycles. The lowest BCUT2D eigenvalue weighted by Gasteiger charge is -2.30. The van der Waals surface area contributed by atoms with E-state index >= 15 is 0 Å². The van der Waals surface area contributed by atoms with Gasteiger partial charge in [-0.25, -0.2) is 4.68 Å². The molecule has 1 saturated heterocycles. The molecule has 0 amide bonds. The summed E-state index contributed by atoms with van der Waals surface area (Å²) in [6.45, 7) is 7.45. The number of likely N-dealkylation sites (tertiary alicyclic amines) is 1. The molecule has 0 atom stereocenters. The summed E-state index contributed by atoms with van der Waals surface area (Å²) in [6, 6.07) is 3.89. The molecule has 1 aliphatic heterocycles. The molecule has 0 bridgehead atoms. The van der Waals surface area contributed by atoms with Crippen molar-refractivity contribution in [3.63, 3.8) is 0 Å². The topological polar surface area (TPSA) is 65.2 Å². The van der Waals surface area contributed by atoms with E-state index in [9.17, 15) is 4.79 Å². The molecule has 7 nitrogen and oxygen atoms in total. The summed E-state index contributed by atoms with van der Waals surface area (Å²) in [7, 11) is 0. The molecule has 1 fully saturated rings. The molecular weight excluding hydrogens is 350 g/mol. The van der Waals surface area contributed by atoms with Crippen molar-refractivity contribution in [2.45, 2.75) is 39.9 Å². The quantitative estimate of drug-likeness (QED) is 0.571. The average molecular weight is 375 g/mol. The van der Waals surface area contributed by atoms with Gasteiger partial charge in [-0.3, -0.25) is 14.7 Å². The van der Waals surface area contributed by atoms with Gasteiger partial charge in [0.05, 0.1) is 19.2 Å². The van der Waals surface area contributed by atoms with Gasteiger partial charge in [0, 0.05) is 37.6 Å². The number of carbonyl (C=O) groups is 1. The van der Waals surface area contributed by atoms with Crippen LogP contribution in [0.2, 0.25) is 0 Å². The lowest BCUT2D eigenvalue weighted by atomic mass is 9.97. The fourth-order valence-electron chi connectivity index (χ4n) is 3.29. The molecule has 26 heavy (non-hydrogen) atoms. The van der Waals surface area contributed by atoms with E-state index in [0.29, 0.717) is 18.0 Å². The van der Waals surface area contributed by atoms with Gasteiger partial charge in [-0.1, -0.05) is 0 Å². The highest BCUT2D eigenvalue weighted by Crippen LogP contribution is 2.21. The summed E-state index contributed by atoms with van der Waals surface area (Å²) in [4.78, 5) is 18.2. The van der Waals surface area contributed by atoms with Crippen molar-refractivity contribution in [3.8, 4) is 11.4 Å². The Morgan fingerprint density at radius 3 is 2.58 bits per heavy atom. The normalized spacial score (nSPS) is 15.9. The lowest BCUT2D eigenvalue weighted by molar-refractivity contribution is -0.149. The largest absolute Gasteiger partial charge is 0.466 e. The fourth-order valence-corrected chi connectivity index (χ4v) is 3.61. The molecule has 0 radical (unpaired) electrons. The van der Waals surface area contributed by atoms with Gasteiger partial charge in [0.1, 0.15) is 0 Å². The summed E-state index contributed by atoms with van der Waals surface area (Å²) in [6.07, 6.45) is 5.16. The van der Waals surface area contributed by atoms with E-state index in [2.05, 4.69) is 16.8 Å². The van der Waals surface area contributed by atoms with Crippen LogP contribution in [0, 0.1) is 10.7 Å². The van der Waals surface area contributed by atoms with Crippen LogP contribution in [0.3, 0.4) is 0 Å². The molecule has 8 heteroatoms. The number of carbonyl (C=O) groups excluding carboxylic acids is 1. The molecule has 0 unspecified atom stereocenters. The van der Waals surface area contributed by atoms with Crippen LogP contribution in [-0.4, -0.2) is 49.9 Å². The van der Waals surface area contributed by atoms with Crippen LogP contribution < -0.4 is 0 Å². The van der Waals surface area contributed by atoms with E-state index in [1.54, 1.807) is 12.4 Å². The third-order valence-electron chi connectivity index (χ3n) is 4.72. The van der Waals surface area contributed by atoms with Crippen LogP contribution in [-0.2, 0) is 22.7 Å². The average Bonchev–Trinajstić information content (AvgIpc) is 2.99. The van der Waals surface area contributed by atoms with Gasteiger partial charge in [-0.2, -0.15) is 5.10 Å². The van der Waals surface area contributed by atoms with Crippen LogP contribution in [0.5, 0.6) is 0 Å². The predicted octanol–water partition coefficient (Wildman–Crippen LogP) is 2.73. The molecule has 140 valence electrons. The highest BCUT2D eigenvalue weighted by molar-refractivity contribution is 7.71. The molecule has 0 saturated carbocycles. The van der Waals surface area contributed by atoms with Gasteiger partial charge in [-0.05, 0) is 51.0 Å². The molecule has 2 aromatic rings. The van der Waals surface area contributed by atoms with Gasteiger partial charge < -0.3 is 9.30 Å². The maximum absolute atomic E-state index is 11.9. The highest BCUT2D eigenvalue weighted by atomic mass is 32.1. The molecule has 0 aromatic carbocycles. The second-order valence-electron chi connectivity index (χ2n) is 6.37. The molecule has 3 rings (SSSR count). The summed E-state index contributed by atoms with van der Waals surface area (Å²) in [5.74, 6) is 0.806. The number of aromatic nitrogens is 4. The first-order chi connectivity index (χ1) is 12.6. The number of pyridine rings is 1. The van der Waals surface area contributed by atoms with Crippen LogP contribution in [0.25, 0.3) is 11.4 Å². The van der Waals surface area contributed by atoms with Crippen LogP contribution >= 0.6 is 12.2 Å².